The van der Waals surface area contributed by atoms with Crippen molar-refractivity contribution in [3.8, 4) is 23.3 Å². The highest BCUT2D eigenvalue weighted by molar-refractivity contribution is 14.1. The standard InChI is InChI=1S/C23H15Cl2IN2O3/c24-14-3-1-13(18(25)8-14)11-30-20-6-2-12(7-19(20)26)22-16-5-4-15(29)9-21(16)31-23(28)17(22)10-27/h1-9,22,29H,11,28H2/t22-/m1/s1. The molecule has 4 rings (SSSR count). The van der Waals surface area contributed by atoms with Crippen molar-refractivity contribution in [3.63, 3.8) is 0 Å². The zero-order valence-electron chi connectivity index (χ0n) is 15.9. The van der Waals surface area contributed by atoms with E-state index in [1.54, 1.807) is 24.3 Å². The Morgan fingerprint density at radius 3 is 2.65 bits per heavy atom. The summed E-state index contributed by atoms with van der Waals surface area (Å²) in [4.78, 5) is 0. The molecule has 1 aliphatic heterocycles. The zero-order valence-corrected chi connectivity index (χ0v) is 19.6. The fourth-order valence-electron chi connectivity index (χ4n) is 3.39. The Morgan fingerprint density at radius 1 is 1.13 bits per heavy atom. The van der Waals surface area contributed by atoms with Crippen LogP contribution >= 0.6 is 45.8 Å². The number of hydrogen-bond acceptors (Lipinski definition) is 5. The molecule has 0 aromatic heterocycles. The van der Waals surface area contributed by atoms with Gasteiger partial charge in [-0.3, -0.25) is 0 Å². The molecule has 0 aliphatic carbocycles. The van der Waals surface area contributed by atoms with E-state index in [9.17, 15) is 10.4 Å². The van der Waals surface area contributed by atoms with Gasteiger partial charge in [0.1, 0.15) is 35.5 Å². The van der Waals surface area contributed by atoms with E-state index in [0.29, 0.717) is 33.7 Å². The van der Waals surface area contributed by atoms with Gasteiger partial charge in [-0.1, -0.05) is 41.4 Å². The molecule has 3 aromatic rings. The van der Waals surface area contributed by atoms with Crippen LogP contribution in [0.5, 0.6) is 17.2 Å². The van der Waals surface area contributed by atoms with Crippen LogP contribution in [0, 0.1) is 14.9 Å². The number of nitrogens with zero attached hydrogens (tertiary/aromatic N) is 1. The van der Waals surface area contributed by atoms with Crippen molar-refractivity contribution in [1.82, 2.24) is 0 Å². The molecule has 1 atom stereocenters. The summed E-state index contributed by atoms with van der Waals surface area (Å²) in [7, 11) is 0. The second-order valence-corrected chi connectivity index (χ2v) is 8.87. The molecule has 1 aliphatic rings. The van der Waals surface area contributed by atoms with Gasteiger partial charge in [0.05, 0.1) is 9.49 Å². The molecule has 0 saturated carbocycles. The molecule has 0 saturated heterocycles. The molecule has 156 valence electrons. The van der Waals surface area contributed by atoms with Gasteiger partial charge in [0.15, 0.2) is 0 Å². The highest BCUT2D eigenvalue weighted by Gasteiger charge is 2.31. The number of hydrogen-bond donors (Lipinski definition) is 2. The topological polar surface area (TPSA) is 88.5 Å². The van der Waals surface area contributed by atoms with Crippen LogP contribution in [0.3, 0.4) is 0 Å². The summed E-state index contributed by atoms with van der Waals surface area (Å²) in [5, 5.41) is 20.6. The first-order valence-corrected chi connectivity index (χ1v) is 11.0. The molecule has 1 heterocycles. The first-order chi connectivity index (χ1) is 14.9. The molecule has 0 bridgehead atoms. The van der Waals surface area contributed by atoms with Gasteiger partial charge in [0.2, 0.25) is 5.88 Å². The van der Waals surface area contributed by atoms with Gasteiger partial charge in [-0.25, -0.2) is 0 Å². The van der Waals surface area contributed by atoms with Gasteiger partial charge in [-0.15, -0.1) is 0 Å². The summed E-state index contributed by atoms with van der Waals surface area (Å²) in [6.07, 6.45) is 0. The molecule has 0 fully saturated rings. The molecule has 0 amide bonds. The van der Waals surface area contributed by atoms with E-state index in [0.717, 1.165) is 20.3 Å². The number of nitrogens with two attached hydrogens (primary N) is 1. The van der Waals surface area contributed by atoms with E-state index < -0.39 is 5.92 Å². The predicted molar refractivity (Wildman–Crippen MR) is 127 cm³/mol. The van der Waals surface area contributed by atoms with E-state index in [4.69, 9.17) is 38.4 Å². The van der Waals surface area contributed by atoms with Crippen molar-refractivity contribution < 1.29 is 14.6 Å². The molecule has 3 aromatic carbocycles. The number of ether oxygens (including phenoxy) is 2. The first kappa shape index (κ1) is 21.6. The van der Waals surface area contributed by atoms with Crippen LogP contribution in [0.4, 0.5) is 0 Å². The van der Waals surface area contributed by atoms with Crippen LogP contribution in [0.2, 0.25) is 10.0 Å². The van der Waals surface area contributed by atoms with Gasteiger partial charge < -0.3 is 20.3 Å². The number of allylic oxidation sites excluding steroid dienone is 1. The average molecular weight is 565 g/mol. The Hall–Kier alpha value is -2.60. The number of halogens is 3. The highest BCUT2D eigenvalue weighted by atomic mass is 127. The van der Waals surface area contributed by atoms with Gasteiger partial charge in [-0.05, 0) is 58.5 Å². The molecular formula is C23H15Cl2IN2O3. The summed E-state index contributed by atoms with van der Waals surface area (Å²) in [6.45, 7) is 0.293. The monoisotopic (exact) mass is 564 g/mol. The van der Waals surface area contributed by atoms with Crippen LogP contribution in [0.25, 0.3) is 0 Å². The molecule has 0 unspecified atom stereocenters. The first-order valence-electron chi connectivity index (χ1n) is 9.14. The Morgan fingerprint density at radius 2 is 1.94 bits per heavy atom. The lowest BCUT2D eigenvalue weighted by molar-refractivity contribution is 0.304. The number of nitriles is 1. The third-order valence-corrected chi connectivity index (χ3v) is 6.32. The third-order valence-electron chi connectivity index (χ3n) is 4.89. The predicted octanol–water partition coefficient (Wildman–Crippen LogP) is 6.10. The lowest BCUT2D eigenvalue weighted by Crippen LogP contribution is -2.21. The SMILES string of the molecule is N#CC1=C(N)Oc2cc(O)ccc2[C@H]1c1ccc(OCc2ccc(Cl)cc2Cl)c(I)c1. The van der Waals surface area contributed by atoms with E-state index in [1.807, 2.05) is 24.3 Å². The molecule has 5 nitrogen and oxygen atoms in total. The summed E-state index contributed by atoms with van der Waals surface area (Å²) in [5.74, 6) is 0.781. The van der Waals surface area contributed by atoms with E-state index >= 15 is 0 Å². The molecule has 0 spiro atoms. The van der Waals surface area contributed by atoms with E-state index in [2.05, 4.69) is 28.7 Å². The van der Waals surface area contributed by atoms with E-state index in [-0.39, 0.29) is 11.6 Å². The fourth-order valence-corrected chi connectivity index (χ4v) is 4.55. The number of phenols is 1. The molecule has 8 heteroatoms. The molecule has 31 heavy (non-hydrogen) atoms. The number of rotatable bonds is 4. The van der Waals surface area contributed by atoms with Gasteiger partial charge in [-0.2, -0.15) is 5.26 Å². The van der Waals surface area contributed by atoms with E-state index in [1.165, 1.54) is 6.07 Å². The van der Waals surface area contributed by atoms with Crippen molar-refractivity contribution in [1.29, 1.82) is 5.26 Å². The Bertz CT molecular complexity index is 1250. The molecular weight excluding hydrogens is 550 g/mol. The van der Waals surface area contributed by atoms with Crippen molar-refractivity contribution in [2.75, 3.05) is 0 Å². The second kappa shape index (κ2) is 8.87. The average Bonchev–Trinajstić information content (AvgIpc) is 2.72. The minimum Gasteiger partial charge on any atom is -0.508 e. The van der Waals surface area contributed by atoms with Crippen molar-refractivity contribution in [2.45, 2.75) is 12.5 Å². The fraction of sp³-hybridized carbons (Fsp3) is 0.0870. The maximum Gasteiger partial charge on any atom is 0.205 e. The number of phenolic OH excluding ortho intramolecular Hbond substituents is 1. The number of fused-ring (bicyclic) bond motifs is 1. The van der Waals surface area contributed by atoms with Crippen molar-refractivity contribution in [3.05, 3.63) is 96.4 Å². The number of aromatic hydroxyl groups is 1. The van der Waals surface area contributed by atoms with Crippen LogP contribution in [-0.2, 0) is 6.61 Å². The summed E-state index contributed by atoms with van der Waals surface area (Å²) < 4.78 is 12.4. The van der Waals surface area contributed by atoms with Crippen LogP contribution in [0.1, 0.15) is 22.6 Å². The minimum absolute atomic E-state index is 0.0262. The van der Waals surface area contributed by atoms with Crippen LogP contribution in [0.15, 0.2) is 66.1 Å². The summed E-state index contributed by atoms with van der Waals surface area (Å²) in [5.41, 5.74) is 8.74. The van der Waals surface area contributed by atoms with Crippen molar-refractivity contribution in [2.24, 2.45) is 5.73 Å². The van der Waals surface area contributed by atoms with Crippen LogP contribution in [-0.4, -0.2) is 5.11 Å². The Labute approximate surface area is 202 Å². The summed E-state index contributed by atoms with van der Waals surface area (Å²) >= 11 is 14.4. The van der Waals surface area contributed by atoms with Gasteiger partial charge in [0, 0.05) is 27.2 Å². The van der Waals surface area contributed by atoms with Crippen molar-refractivity contribution >= 4 is 45.8 Å². The van der Waals surface area contributed by atoms with Crippen LogP contribution < -0.4 is 15.2 Å². The Kier molecular flexibility index (Phi) is 6.19. The Balaban J connectivity index is 1.65. The maximum absolute atomic E-state index is 9.79. The third kappa shape index (κ3) is 4.40. The lowest BCUT2D eigenvalue weighted by atomic mass is 9.83. The normalized spacial score (nSPS) is 15.1. The molecule has 0 radical (unpaired) electrons. The quantitative estimate of drug-likeness (QED) is 0.374. The lowest BCUT2D eigenvalue weighted by Gasteiger charge is -2.26. The smallest absolute Gasteiger partial charge is 0.205 e. The zero-order chi connectivity index (χ0) is 22.1. The molecule has 3 N–H and O–H groups in total. The minimum atomic E-state index is -0.414. The maximum atomic E-state index is 9.79. The summed E-state index contributed by atoms with van der Waals surface area (Å²) in [6, 6.07) is 17.9. The van der Waals surface area contributed by atoms with Gasteiger partial charge >= 0.3 is 0 Å². The van der Waals surface area contributed by atoms with Gasteiger partial charge in [0.25, 0.3) is 0 Å². The largest absolute Gasteiger partial charge is 0.508 e. The highest BCUT2D eigenvalue weighted by Crippen LogP contribution is 2.44. The second-order valence-electron chi connectivity index (χ2n) is 6.86. The number of benzene rings is 3.